The Morgan fingerprint density at radius 1 is 1.04 bits per heavy atom. The largest absolute Gasteiger partial charge is 0.368 e. The number of carbonyl (C=O) groups excluding carboxylic acids is 1. The van der Waals surface area contributed by atoms with E-state index in [0.717, 1.165) is 10.2 Å². The number of rotatable bonds is 7. The number of anilines is 4. The number of nitrogens with two attached hydrogens (primary N) is 1. The number of benzene rings is 2. The number of amides is 1. The molecule has 0 aliphatic rings. The third-order valence-electron chi connectivity index (χ3n) is 3.39. The number of nitrogens with zero attached hydrogens (tertiary/aromatic N) is 3. The average Bonchev–Trinajstić information content (AvgIpc) is 2.65. The van der Waals surface area contributed by atoms with Crippen molar-refractivity contribution in [3.63, 3.8) is 0 Å². The number of hydrogen-bond donors (Lipinski definition) is 3. The van der Waals surface area contributed by atoms with Crippen molar-refractivity contribution >= 4 is 56.9 Å². The molecule has 0 saturated heterocycles. The summed E-state index contributed by atoms with van der Waals surface area (Å²) >= 11 is 4.70. The zero-order valence-corrected chi connectivity index (χ0v) is 16.9. The van der Waals surface area contributed by atoms with Crippen LogP contribution in [0, 0.1) is 5.82 Å². The molecule has 0 aliphatic carbocycles. The molecule has 1 heterocycles. The van der Waals surface area contributed by atoms with E-state index in [1.54, 1.807) is 12.1 Å². The van der Waals surface area contributed by atoms with E-state index in [1.807, 2.05) is 24.3 Å². The second kappa shape index (κ2) is 9.47. The summed E-state index contributed by atoms with van der Waals surface area (Å²) in [7, 11) is 0. The molecule has 0 aliphatic heterocycles. The van der Waals surface area contributed by atoms with E-state index in [4.69, 9.17) is 5.73 Å². The van der Waals surface area contributed by atoms with Gasteiger partial charge in [-0.2, -0.15) is 15.0 Å². The van der Waals surface area contributed by atoms with Gasteiger partial charge in [-0.15, -0.1) is 11.8 Å². The highest BCUT2D eigenvalue weighted by Gasteiger charge is 2.08. The minimum Gasteiger partial charge on any atom is -0.368 e. The average molecular weight is 463 g/mol. The molecule has 7 nitrogen and oxygen atoms in total. The van der Waals surface area contributed by atoms with Gasteiger partial charge in [-0.1, -0.05) is 15.9 Å². The Balaban J connectivity index is 1.53. The van der Waals surface area contributed by atoms with Gasteiger partial charge in [0, 0.05) is 15.8 Å². The second-order valence-electron chi connectivity index (χ2n) is 5.61. The molecule has 3 rings (SSSR count). The summed E-state index contributed by atoms with van der Waals surface area (Å²) in [4.78, 5) is 24.4. The van der Waals surface area contributed by atoms with E-state index in [9.17, 15) is 9.18 Å². The third-order valence-corrected chi connectivity index (χ3v) is 4.85. The van der Waals surface area contributed by atoms with Gasteiger partial charge in [-0.3, -0.25) is 4.79 Å². The van der Waals surface area contributed by atoms with Gasteiger partial charge in [0.2, 0.25) is 17.8 Å². The van der Waals surface area contributed by atoms with Crippen molar-refractivity contribution in [3.8, 4) is 0 Å². The molecule has 4 N–H and O–H groups in total. The van der Waals surface area contributed by atoms with Crippen LogP contribution in [-0.2, 0) is 10.5 Å². The smallest absolute Gasteiger partial charge is 0.234 e. The van der Waals surface area contributed by atoms with E-state index in [0.29, 0.717) is 17.3 Å². The van der Waals surface area contributed by atoms with Crippen molar-refractivity contribution in [2.45, 2.75) is 5.75 Å². The summed E-state index contributed by atoms with van der Waals surface area (Å²) in [5.41, 5.74) is 7.08. The molecule has 0 unspecified atom stereocenters. The summed E-state index contributed by atoms with van der Waals surface area (Å²) in [6.07, 6.45) is 0. The first-order chi connectivity index (χ1) is 13.5. The third kappa shape index (κ3) is 6.17. The molecule has 28 heavy (non-hydrogen) atoms. The van der Waals surface area contributed by atoms with Crippen molar-refractivity contribution < 1.29 is 9.18 Å². The predicted molar refractivity (Wildman–Crippen MR) is 113 cm³/mol. The van der Waals surface area contributed by atoms with Gasteiger partial charge in [0.05, 0.1) is 11.5 Å². The van der Waals surface area contributed by atoms with Crippen LogP contribution < -0.4 is 16.4 Å². The number of hydrogen-bond acceptors (Lipinski definition) is 7. The summed E-state index contributed by atoms with van der Waals surface area (Å²) < 4.78 is 13.9. The van der Waals surface area contributed by atoms with Crippen LogP contribution in [0.15, 0.2) is 53.0 Å². The first kappa shape index (κ1) is 20.0. The lowest BCUT2D eigenvalue weighted by Gasteiger charge is -2.08. The number of thioether (sulfide) groups is 1. The van der Waals surface area contributed by atoms with Gasteiger partial charge in [-0.05, 0) is 48.5 Å². The number of carbonyl (C=O) groups is 1. The summed E-state index contributed by atoms with van der Waals surface area (Å²) in [6.45, 7) is 0. The van der Waals surface area contributed by atoms with Crippen LogP contribution in [-0.4, -0.2) is 26.6 Å². The minimum atomic E-state index is -0.334. The molecule has 0 spiro atoms. The highest BCUT2D eigenvalue weighted by atomic mass is 79.9. The van der Waals surface area contributed by atoms with Crippen LogP contribution in [0.3, 0.4) is 0 Å². The normalized spacial score (nSPS) is 10.5. The Morgan fingerprint density at radius 2 is 1.71 bits per heavy atom. The van der Waals surface area contributed by atoms with Gasteiger partial charge in [0.1, 0.15) is 11.6 Å². The number of nitrogens with one attached hydrogen (secondary N) is 2. The first-order valence-corrected chi connectivity index (χ1v) is 10.1. The molecule has 0 fully saturated rings. The van der Waals surface area contributed by atoms with Crippen molar-refractivity contribution in [1.82, 2.24) is 15.0 Å². The molecule has 10 heteroatoms. The molecule has 2 aromatic carbocycles. The number of halogens is 2. The van der Waals surface area contributed by atoms with Crippen molar-refractivity contribution in [1.29, 1.82) is 0 Å². The van der Waals surface area contributed by atoms with Crippen LogP contribution in [0.1, 0.15) is 5.82 Å². The van der Waals surface area contributed by atoms with Gasteiger partial charge in [0.15, 0.2) is 0 Å². The van der Waals surface area contributed by atoms with Crippen LogP contribution in [0.2, 0.25) is 0 Å². The lowest BCUT2D eigenvalue weighted by molar-refractivity contribution is -0.113. The lowest BCUT2D eigenvalue weighted by Crippen LogP contribution is -2.14. The van der Waals surface area contributed by atoms with Gasteiger partial charge in [-0.25, -0.2) is 4.39 Å². The molecular formula is C18H16BrFN6OS. The van der Waals surface area contributed by atoms with Gasteiger partial charge >= 0.3 is 0 Å². The number of nitrogen functional groups attached to an aromatic ring is 1. The lowest BCUT2D eigenvalue weighted by atomic mass is 10.3. The highest BCUT2D eigenvalue weighted by Crippen LogP contribution is 2.17. The van der Waals surface area contributed by atoms with Crippen molar-refractivity contribution in [2.75, 3.05) is 22.1 Å². The molecule has 144 valence electrons. The fourth-order valence-electron chi connectivity index (χ4n) is 2.19. The molecular weight excluding hydrogens is 447 g/mol. The van der Waals surface area contributed by atoms with E-state index < -0.39 is 0 Å². The first-order valence-electron chi connectivity index (χ1n) is 8.14. The maximum Gasteiger partial charge on any atom is 0.234 e. The number of aromatic nitrogens is 3. The van der Waals surface area contributed by atoms with Crippen LogP contribution in [0.25, 0.3) is 0 Å². The maximum atomic E-state index is 13.0. The summed E-state index contributed by atoms with van der Waals surface area (Å²) in [5.74, 6) is 0.932. The quantitative estimate of drug-likeness (QED) is 0.487. The fourth-order valence-corrected chi connectivity index (χ4v) is 3.12. The zero-order valence-electron chi connectivity index (χ0n) is 14.5. The SMILES string of the molecule is Nc1nc(CSCC(=O)Nc2ccc(Br)cc2)nc(Nc2ccc(F)cc2)n1. The Kier molecular flexibility index (Phi) is 6.77. The topological polar surface area (TPSA) is 106 Å². The van der Waals surface area contributed by atoms with Gasteiger partial charge in [0.25, 0.3) is 0 Å². The Labute approximate surface area is 173 Å². The molecule has 0 radical (unpaired) electrons. The monoisotopic (exact) mass is 462 g/mol. The second-order valence-corrected chi connectivity index (χ2v) is 7.51. The maximum absolute atomic E-state index is 13.0. The van der Waals surface area contributed by atoms with E-state index in [-0.39, 0.29) is 29.4 Å². The predicted octanol–water partition coefficient (Wildman–Crippen LogP) is 3.97. The van der Waals surface area contributed by atoms with Crippen LogP contribution in [0.5, 0.6) is 0 Å². The van der Waals surface area contributed by atoms with Crippen molar-refractivity contribution in [3.05, 3.63) is 64.6 Å². The van der Waals surface area contributed by atoms with Crippen LogP contribution in [0.4, 0.5) is 27.7 Å². The zero-order chi connectivity index (χ0) is 19.9. The highest BCUT2D eigenvalue weighted by molar-refractivity contribution is 9.10. The van der Waals surface area contributed by atoms with Crippen LogP contribution >= 0.6 is 27.7 Å². The van der Waals surface area contributed by atoms with E-state index >= 15 is 0 Å². The fraction of sp³-hybridized carbons (Fsp3) is 0.111. The summed E-state index contributed by atoms with van der Waals surface area (Å²) in [5, 5.41) is 5.76. The molecule has 0 bridgehead atoms. The standard InChI is InChI=1S/C18H16BrFN6OS/c19-11-1-5-13(6-2-11)22-16(27)10-28-9-15-24-17(21)26-18(25-15)23-14-7-3-12(20)4-8-14/h1-8H,9-10H2,(H,22,27)(H3,21,23,24,25,26). The minimum absolute atomic E-state index is 0.0644. The molecule has 1 amide bonds. The van der Waals surface area contributed by atoms with Gasteiger partial charge < -0.3 is 16.4 Å². The van der Waals surface area contributed by atoms with Crippen molar-refractivity contribution in [2.24, 2.45) is 0 Å². The van der Waals surface area contributed by atoms with E-state index in [2.05, 4.69) is 41.5 Å². The Morgan fingerprint density at radius 3 is 2.43 bits per heavy atom. The molecule has 3 aromatic rings. The van der Waals surface area contributed by atoms with E-state index in [1.165, 1.54) is 23.9 Å². The Hall–Kier alpha value is -2.72. The summed E-state index contributed by atoms with van der Waals surface area (Å²) in [6, 6.07) is 13.1. The molecule has 1 aromatic heterocycles. The molecule has 0 atom stereocenters. The Bertz CT molecular complexity index is 955. The molecule has 0 saturated carbocycles.